The van der Waals surface area contributed by atoms with Crippen LogP contribution in [-0.4, -0.2) is 53.1 Å². The van der Waals surface area contributed by atoms with Gasteiger partial charge < -0.3 is 14.8 Å². The average molecular weight is 591 g/mol. The number of nitrogens with zero attached hydrogens (tertiary/aromatic N) is 5. The molecule has 1 aliphatic rings. The molecule has 9 nitrogen and oxygen atoms in total. The number of imidazole rings is 1. The molecule has 0 bridgehead atoms. The number of carboxylic acid groups (broad SMARTS) is 1. The lowest BCUT2D eigenvalue weighted by atomic mass is 9.85. The van der Waals surface area contributed by atoms with E-state index < -0.39 is 18.7 Å². The molecule has 1 fully saturated rings. The molecule has 0 aliphatic heterocycles. The van der Waals surface area contributed by atoms with E-state index in [2.05, 4.69) is 20.1 Å². The van der Waals surface area contributed by atoms with E-state index >= 15 is 0 Å². The van der Waals surface area contributed by atoms with Crippen molar-refractivity contribution in [2.24, 2.45) is 5.92 Å². The third-order valence-electron chi connectivity index (χ3n) is 7.69. The Balaban J connectivity index is 1.13. The summed E-state index contributed by atoms with van der Waals surface area (Å²) in [5.41, 5.74) is 6.60. The Morgan fingerprint density at radius 3 is 2.23 bits per heavy atom. The number of alkyl halides is 3. The SMILES string of the molecule is Cc1cc2[nH]c(OC3CCC(CC(=O)O)CC3)nc2nc1-c1ccc(-c2ccc(-c3ncn(CC(F)(F)F)n3)cc2)cc1. The largest absolute Gasteiger partial charge is 0.481 e. The van der Waals surface area contributed by atoms with E-state index in [1.54, 1.807) is 12.1 Å². The van der Waals surface area contributed by atoms with Crippen molar-refractivity contribution in [3.05, 3.63) is 66.5 Å². The zero-order valence-electron chi connectivity index (χ0n) is 23.3. The summed E-state index contributed by atoms with van der Waals surface area (Å²) < 4.78 is 44.7. The van der Waals surface area contributed by atoms with Gasteiger partial charge in [0.1, 0.15) is 19.0 Å². The van der Waals surface area contributed by atoms with Crippen molar-refractivity contribution in [3.8, 4) is 39.8 Å². The third kappa shape index (κ3) is 6.68. The van der Waals surface area contributed by atoms with Crippen molar-refractivity contribution in [2.75, 3.05) is 0 Å². The number of aliphatic carboxylic acids is 1. The van der Waals surface area contributed by atoms with Gasteiger partial charge in [0.25, 0.3) is 6.01 Å². The number of aromatic nitrogens is 6. The molecular formula is C31H29F3N6O3. The van der Waals surface area contributed by atoms with Crippen LogP contribution in [0.2, 0.25) is 0 Å². The van der Waals surface area contributed by atoms with Crippen LogP contribution in [0.25, 0.3) is 44.9 Å². The smallest absolute Gasteiger partial charge is 0.408 e. The maximum atomic E-state index is 12.6. The van der Waals surface area contributed by atoms with Crippen LogP contribution in [0.4, 0.5) is 13.2 Å². The number of fused-ring (bicyclic) bond motifs is 1. The Labute approximate surface area is 244 Å². The maximum Gasteiger partial charge on any atom is 0.408 e. The number of benzene rings is 2. The van der Waals surface area contributed by atoms with Crippen molar-refractivity contribution in [1.82, 2.24) is 29.7 Å². The normalized spacial score (nSPS) is 17.3. The molecule has 0 saturated heterocycles. The van der Waals surface area contributed by atoms with Crippen molar-refractivity contribution in [3.63, 3.8) is 0 Å². The molecule has 43 heavy (non-hydrogen) atoms. The monoisotopic (exact) mass is 590 g/mol. The van der Waals surface area contributed by atoms with Gasteiger partial charge in [-0.15, -0.1) is 0 Å². The third-order valence-corrected chi connectivity index (χ3v) is 7.69. The molecule has 0 unspecified atom stereocenters. The van der Waals surface area contributed by atoms with Crippen LogP contribution >= 0.6 is 0 Å². The predicted octanol–water partition coefficient (Wildman–Crippen LogP) is 6.83. The van der Waals surface area contributed by atoms with Crippen LogP contribution in [0, 0.1) is 12.8 Å². The molecule has 0 spiro atoms. The Bertz CT molecular complexity index is 1740. The highest BCUT2D eigenvalue weighted by Crippen LogP contribution is 2.32. The number of carbonyl (C=O) groups is 1. The molecule has 0 radical (unpaired) electrons. The van der Waals surface area contributed by atoms with E-state index in [-0.39, 0.29) is 24.3 Å². The molecule has 1 saturated carbocycles. The Kier molecular flexibility index (Phi) is 7.59. The van der Waals surface area contributed by atoms with Crippen molar-refractivity contribution in [2.45, 2.75) is 57.9 Å². The minimum atomic E-state index is -4.36. The predicted molar refractivity (Wildman–Crippen MR) is 153 cm³/mol. The summed E-state index contributed by atoms with van der Waals surface area (Å²) in [5, 5.41) is 13.0. The van der Waals surface area contributed by atoms with Crippen LogP contribution in [0.5, 0.6) is 6.01 Å². The van der Waals surface area contributed by atoms with E-state index in [0.29, 0.717) is 17.2 Å². The van der Waals surface area contributed by atoms with E-state index in [0.717, 1.165) is 70.2 Å². The Morgan fingerprint density at radius 2 is 1.60 bits per heavy atom. The molecule has 3 aromatic heterocycles. The van der Waals surface area contributed by atoms with Gasteiger partial charge in [-0.2, -0.15) is 23.3 Å². The summed E-state index contributed by atoms with van der Waals surface area (Å²) in [5.74, 6) is -0.315. The van der Waals surface area contributed by atoms with E-state index in [4.69, 9.17) is 14.8 Å². The van der Waals surface area contributed by atoms with Crippen molar-refractivity contribution in [1.29, 1.82) is 0 Å². The zero-order valence-corrected chi connectivity index (χ0v) is 23.3. The highest BCUT2D eigenvalue weighted by atomic mass is 19.4. The Hall–Kier alpha value is -4.74. The molecular weight excluding hydrogens is 561 g/mol. The summed E-state index contributed by atoms with van der Waals surface area (Å²) in [6.07, 6.45) is 0.170. The maximum absolute atomic E-state index is 12.6. The molecule has 2 aromatic carbocycles. The van der Waals surface area contributed by atoms with Crippen LogP contribution in [0.3, 0.4) is 0 Å². The van der Waals surface area contributed by atoms with Gasteiger partial charge in [0.15, 0.2) is 11.5 Å². The standard InChI is InChI=1S/C31H29F3N6O3/c1-18-14-25-29(38-30(36-25)43-24-12-2-19(3-13-24)15-26(41)42)37-27(18)22-8-4-20(5-9-22)21-6-10-23(11-7-21)28-35-17-40(39-28)16-31(32,33)34/h4-11,14,17,19,24H,2-3,12-13,15-16H2,1H3,(H,41,42)(H,36,37,38). The number of aryl methyl sites for hydroxylation is 1. The highest BCUT2D eigenvalue weighted by molar-refractivity contribution is 5.79. The second kappa shape index (κ2) is 11.5. The first-order valence-corrected chi connectivity index (χ1v) is 14.0. The number of hydrogen-bond donors (Lipinski definition) is 2. The van der Waals surface area contributed by atoms with Crippen LogP contribution in [0.1, 0.15) is 37.7 Å². The summed E-state index contributed by atoms with van der Waals surface area (Å²) in [4.78, 5) is 27.6. The van der Waals surface area contributed by atoms with Gasteiger partial charge in [-0.05, 0) is 61.3 Å². The second-order valence-corrected chi connectivity index (χ2v) is 11.0. The summed E-state index contributed by atoms with van der Waals surface area (Å²) in [6.45, 7) is 0.808. The highest BCUT2D eigenvalue weighted by Gasteiger charge is 2.29. The zero-order chi connectivity index (χ0) is 30.1. The topological polar surface area (TPSA) is 119 Å². The van der Waals surface area contributed by atoms with Crippen LogP contribution in [-0.2, 0) is 11.3 Å². The fraction of sp³-hybridized carbons (Fsp3) is 0.323. The Morgan fingerprint density at radius 1 is 0.977 bits per heavy atom. The molecule has 6 rings (SSSR count). The number of ether oxygens (including phenoxy) is 1. The molecule has 3 heterocycles. The number of carboxylic acids is 1. The van der Waals surface area contributed by atoms with Gasteiger partial charge >= 0.3 is 12.1 Å². The lowest BCUT2D eigenvalue weighted by Gasteiger charge is -2.27. The quantitative estimate of drug-likeness (QED) is 0.203. The number of aromatic amines is 1. The van der Waals surface area contributed by atoms with Gasteiger partial charge in [0, 0.05) is 17.5 Å². The molecule has 1 aliphatic carbocycles. The van der Waals surface area contributed by atoms with Gasteiger partial charge in [0.2, 0.25) is 0 Å². The molecule has 5 aromatic rings. The van der Waals surface area contributed by atoms with E-state index in [1.807, 2.05) is 49.4 Å². The number of hydrogen-bond acceptors (Lipinski definition) is 6. The molecule has 12 heteroatoms. The molecule has 0 amide bonds. The average Bonchev–Trinajstić information content (AvgIpc) is 3.58. The minimum Gasteiger partial charge on any atom is -0.481 e. The van der Waals surface area contributed by atoms with Crippen molar-refractivity contribution >= 4 is 17.1 Å². The summed E-state index contributed by atoms with van der Waals surface area (Å²) in [7, 11) is 0. The first kappa shape index (κ1) is 28.4. The van der Waals surface area contributed by atoms with Gasteiger partial charge in [-0.1, -0.05) is 48.5 Å². The number of H-pyrrole nitrogens is 1. The van der Waals surface area contributed by atoms with Gasteiger partial charge in [-0.3, -0.25) is 4.79 Å². The number of pyridine rings is 1. The first-order valence-electron chi connectivity index (χ1n) is 14.0. The second-order valence-electron chi connectivity index (χ2n) is 11.0. The lowest BCUT2D eigenvalue weighted by molar-refractivity contribution is -0.142. The number of nitrogens with one attached hydrogen (secondary N) is 1. The number of halogens is 3. The minimum absolute atomic E-state index is 0.00394. The molecule has 0 atom stereocenters. The van der Waals surface area contributed by atoms with Crippen molar-refractivity contribution < 1.29 is 27.8 Å². The lowest BCUT2D eigenvalue weighted by Crippen LogP contribution is -2.25. The number of rotatable bonds is 8. The fourth-order valence-electron chi connectivity index (χ4n) is 5.55. The summed E-state index contributed by atoms with van der Waals surface area (Å²) >= 11 is 0. The molecule has 2 N–H and O–H groups in total. The van der Waals surface area contributed by atoms with Crippen LogP contribution < -0.4 is 4.74 Å². The van der Waals surface area contributed by atoms with E-state index in [1.165, 1.54) is 0 Å². The summed E-state index contributed by atoms with van der Waals surface area (Å²) in [6, 6.07) is 17.7. The first-order chi connectivity index (χ1) is 20.6. The fourth-order valence-corrected chi connectivity index (χ4v) is 5.55. The van der Waals surface area contributed by atoms with Gasteiger partial charge in [0.05, 0.1) is 11.2 Å². The van der Waals surface area contributed by atoms with E-state index in [9.17, 15) is 18.0 Å². The molecule has 222 valence electrons. The van der Waals surface area contributed by atoms with Crippen LogP contribution in [0.15, 0.2) is 60.9 Å². The van der Waals surface area contributed by atoms with Gasteiger partial charge in [-0.25, -0.2) is 14.6 Å².